The van der Waals surface area contributed by atoms with Gasteiger partial charge in [-0.05, 0) is 53.6 Å². The quantitative estimate of drug-likeness (QED) is 0.284. The maximum Gasteiger partial charge on any atom is 0.329 e. The third kappa shape index (κ3) is 5.96. The van der Waals surface area contributed by atoms with Gasteiger partial charge >= 0.3 is 6.03 Å². The normalized spacial score (nSPS) is 14.2. The van der Waals surface area contributed by atoms with Crippen molar-refractivity contribution in [2.24, 2.45) is 0 Å². The Balaban J connectivity index is 1.44. The Hall–Kier alpha value is -3.59. The number of rotatable bonds is 7. The van der Waals surface area contributed by atoms with E-state index in [2.05, 4.69) is 10.6 Å². The van der Waals surface area contributed by atoms with Crippen molar-refractivity contribution in [3.8, 4) is 5.75 Å². The molecule has 0 spiro atoms. The molecule has 1 saturated heterocycles. The zero-order chi connectivity index (χ0) is 25.8. The molecular weight excluding hydrogens is 532 g/mol. The Morgan fingerprint density at radius 2 is 1.69 bits per heavy atom. The van der Waals surface area contributed by atoms with Gasteiger partial charge in [-0.3, -0.25) is 9.59 Å². The molecule has 0 aromatic heterocycles. The van der Waals surface area contributed by atoms with Crippen LogP contribution in [0.3, 0.4) is 0 Å². The van der Waals surface area contributed by atoms with Crippen LogP contribution in [-0.4, -0.2) is 29.3 Å². The monoisotopic (exact) mass is 547 g/mol. The van der Waals surface area contributed by atoms with Gasteiger partial charge in [0.2, 0.25) is 5.91 Å². The van der Waals surface area contributed by atoms with Crippen molar-refractivity contribution in [3.05, 3.63) is 98.4 Å². The van der Waals surface area contributed by atoms with Crippen LogP contribution < -0.4 is 15.4 Å². The first-order valence-corrected chi connectivity index (χ1v) is 11.6. The number of para-hydroxylation sites is 1. The first kappa shape index (κ1) is 25.5. The number of halogens is 4. The van der Waals surface area contributed by atoms with Gasteiger partial charge in [0, 0.05) is 5.02 Å². The van der Waals surface area contributed by atoms with Gasteiger partial charge in [0.25, 0.3) is 5.91 Å². The summed E-state index contributed by atoms with van der Waals surface area (Å²) in [5.74, 6) is -1.86. The van der Waals surface area contributed by atoms with Crippen LogP contribution in [0.4, 0.5) is 14.9 Å². The van der Waals surface area contributed by atoms with Gasteiger partial charge < -0.3 is 15.4 Å². The number of hydrogen-bond donors (Lipinski definition) is 2. The average molecular weight is 549 g/mol. The highest BCUT2D eigenvalue weighted by Gasteiger charge is 2.35. The fraction of sp³-hybridized carbons (Fsp3) is 0.0800. The van der Waals surface area contributed by atoms with Crippen LogP contribution in [0.1, 0.15) is 11.1 Å². The second-order valence-electron chi connectivity index (χ2n) is 7.64. The molecule has 0 saturated carbocycles. The first-order chi connectivity index (χ1) is 17.2. The number of anilines is 1. The molecule has 1 aliphatic heterocycles. The Bertz CT molecular complexity index is 1360. The third-order valence-electron chi connectivity index (χ3n) is 5.04. The Kier molecular flexibility index (Phi) is 7.79. The summed E-state index contributed by atoms with van der Waals surface area (Å²) in [4.78, 5) is 38.0. The summed E-state index contributed by atoms with van der Waals surface area (Å²) in [5, 5.41) is 5.72. The summed E-state index contributed by atoms with van der Waals surface area (Å²) in [6, 6.07) is 14.9. The van der Waals surface area contributed by atoms with Crippen molar-refractivity contribution < 1.29 is 23.5 Å². The molecule has 1 heterocycles. The molecule has 0 bridgehead atoms. The van der Waals surface area contributed by atoms with Crippen LogP contribution in [0.5, 0.6) is 5.75 Å². The molecule has 11 heteroatoms. The molecular formula is C25H17Cl3FN3O4. The molecule has 4 rings (SSSR count). The maximum atomic E-state index is 13.7. The molecule has 0 unspecified atom stereocenters. The van der Waals surface area contributed by atoms with E-state index in [1.807, 2.05) is 0 Å². The molecule has 0 aliphatic carbocycles. The highest BCUT2D eigenvalue weighted by Crippen LogP contribution is 2.35. The number of imide groups is 1. The van der Waals surface area contributed by atoms with Crippen molar-refractivity contribution in [1.29, 1.82) is 0 Å². The van der Waals surface area contributed by atoms with E-state index in [1.165, 1.54) is 42.5 Å². The molecule has 7 nitrogen and oxygen atoms in total. The number of ether oxygens (including phenoxy) is 1. The van der Waals surface area contributed by atoms with Gasteiger partial charge in [0.05, 0.1) is 15.7 Å². The van der Waals surface area contributed by atoms with Crippen molar-refractivity contribution in [1.82, 2.24) is 10.2 Å². The Labute approximate surface area is 220 Å². The summed E-state index contributed by atoms with van der Waals surface area (Å²) >= 11 is 18.6. The topological polar surface area (TPSA) is 87.7 Å². The van der Waals surface area contributed by atoms with Crippen LogP contribution >= 0.6 is 34.8 Å². The Morgan fingerprint density at radius 3 is 2.36 bits per heavy atom. The number of urea groups is 1. The van der Waals surface area contributed by atoms with Crippen LogP contribution in [0, 0.1) is 5.82 Å². The van der Waals surface area contributed by atoms with Crippen molar-refractivity contribution >= 4 is 64.4 Å². The first-order valence-electron chi connectivity index (χ1n) is 10.5. The lowest BCUT2D eigenvalue weighted by molar-refractivity contribution is -0.127. The van der Waals surface area contributed by atoms with E-state index in [9.17, 15) is 18.8 Å². The zero-order valence-electron chi connectivity index (χ0n) is 18.4. The van der Waals surface area contributed by atoms with Gasteiger partial charge in [-0.15, -0.1) is 0 Å². The van der Waals surface area contributed by atoms with Crippen LogP contribution in [-0.2, 0) is 16.2 Å². The minimum Gasteiger partial charge on any atom is -0.486 e. The van der Waals surface area contributed by atoms with Gasteiger partial charge in [0.15, 0.2) is 5.75 Å². The number of nitrogens with zero attached hydrogens (tertiary/aromatic N) is 1. The molecule has 184 valence electrons. The SMILES string of the molecule is O=C(CN1C(=O)N/C(=C/c2cc(Cl)c(OCc3ccc(Cl)cc3)c(Cl)c2)C1=O)Nc1ccccc1F. The lowest BCUT2D eigenvalue weighted by Gasteiger charge is -2.12. The van der Waals surface area contributed by atoms with E-state index < -0.39 is 30.2 Å². The van der Waals surface area contributed by atoms with E-state index in [0.29, 0.717) is 15.5 Å². The summed E-state index contributed by atoms with van der Waals surface area (Å²) in [6.07, 6.45) is 1.37. The molecule has 1 fully saturated rings. The standard InChI is InChI=1S/C25H17Cl3FN3O4/c26-16-7-5-14(6-8-16)13-36-23-17(27)9-15(10-18(23)28)11-21-24(34)32(25(35)31-21)12-22(33)30-20-4-2-1-3-19(20)29/h1-11H,12-13H2,(H,30,33)(H,31,35)/b21-11+. The highest BCUT2D eigenvalue weighted by atomic mass is 35.5. The van der Waals surface area contributed by atoms with Crippen molar-refractivity contribution in [2.75, 3.05) is 11.9 Å². The number of carbonyl (C=O) groups excluding carboxylic acids is 3. The smallest absolute Gasteiger partial charge is 0.329 e. The number of benzene rings is 3. The summed E-state index contributed by atoms with van der Waals surface area (Å²) in [5.41, 5.74) is 1.13. The maximum absolute atomic E-state index is 13.7. The summed E-state index contributed by atoms with van der Waals surface area (Å²) < 4.78 is 19.5. The second-order valence-corrected chi connectivity index (χ2v) is 8.89. The van der Waals surface area contributed by atoms with E-state index in [4.69, 9.17) is 39.5 Å². The molecule has 36 heavy (non-hydrogen) atoms. The van der Waals surface area contributed by atoms with E-state index >= 15 is 0 Å². The van der Waals surface area contributed by atoms with E-state index in [-0.39, 0.29) is 33.8 Å². The second kappa shape index (κ2) is 11.0. The number of carbonyl (C=O) groups is 3. The number of hydrogen-bond acceptors (Lipinski definition) is 4. The molecule has 0 radical (unpaired) electrons. The average Bonchev–Trinajstić information content (AvgIpc) is 3.08. The predicted octanol–water partition coefficient (Wildman–Crippen LogP) is 5.90. The lowest BCUT2D eigenvalue weighted by atomic mass is 10.1. The van der Waals surface area contributed by atoms with Crippen molar-refractivity contribution in [3.63, 3.8) is 0 Å². The minimum absolute atomic E-state index is 0.0621. The molecule has 2 N–H and O–H groups in total. The van der Waals surface area contributed by atoms with Crippen molar-refractivity contribution in [2.45, 2.75) is 6.61 Å². The molecule has 3 aromatic rings. The summed E-state index contributed by atoms with van der Waals surface area (Å²) in [6.45, 7) is -0.398. The van der Waals surface area contributed by atoms with Gasteiger partial charge in [0.1, 0.15) is 24.7 Å². The molecule has 1 aliphatic rings. The lowest BCUT2D eigenvalue weighted by Crippen LogP contribution is -2.38. The molecule has 4 amide bonds. The molecule has 3 aromatic carbocycles. The van der Waals surface area contributed by atoms with Gasteiger partial charge in [-0.1, -0.05) is 59.1 Å². The van der Waals surface area contributed by atoms with Gasteiger partial charge in [-0.25, -0.2) is 14.1 Å². The highest BCUT2D eigenvalue weighted by molar-refractivity contribution is 6.37. The van der Waals surface area contributed by atoms with Crippen LogP contribution in [0.2, 0.25) is 15.1 Å². The zero-order valence-corrected chi connectivity index (χ0v) is 20.6. The van der Waals surface area contributed by atoms with E-state index in [1.54, 1.807) is 24.3 Å². The number of nitrogens with one attached hydrogen (secondary N) is 2. The van der Waals surface area contributed by atoms with Crippen LogP contribution in [0.15, 0.2) is 66.4 Å². The minimum atomic E-state index is -0.796. The summed E-state index contributed by atoms with van der Waals surface area (Å²) in [7, 11) is 0. The fourth-order valence-electron chi connectivity index (χ4n) is 3.31. The fourth-order valence-corrected chi connectivity index (χ4v) is 4.05. The van der Waals surface area contributed by atoms with E-state index in [0.717, 1.165) is 5.56 Å². The Morgan fingerprint density at radius 1 is 1.03 bits per heavy atom. The predicted molar refractivity (Wildman–Crippen MR) is 135 cm³/mol. The largest absolute Gasteiger partial charge is 0.486 e. The van der Waals surface area contributed by atoms with Gasteiger partial charge in [-0.2, -0.15) is 0 Å². The van der Waals surface area contributed by atoms with Crippen LogP contribution in [0.25, 0.3) is 6.08 Å². The number of amides is 4. The molecule has 0 atom stereocenters. The third-order valence-corrected chi connectivity index (χ3v) is 5.85.